The van der Waals surface area contributed by atoms with Gasteiger partial charge in [0.15, 0.2) is 0 Å². The number of primary amides is 2. The molecular weight excluding hydrogens is 888 g/mol. The normalized spacial score (nSPS) is 9.08. The highest BCUT2D eigenvalue weighted by atomic mass is 127. The second-order valence-corrected chi connectivity index (χ2v) is 18.1. The fourth-order valence-corrected chi connectivity index (χ4v) is 12.5. The predicted octanol–water partition coefficient (Wildman–Crippen LogP) is 3.06. The van der Waals surface area contributed by atoms with Crippen LogP contribution in [0.25, 0.3) is 10.6 Å². The Hall–Kier alpha value is -2.85. The fourth-order valence-electron chi connectivity index (χ4n) is 2.22. The Labute approximate surface area is 317 Å². The van der Waals surface area contributed by atoms with Crippen molar-refractivity contribution in [3.63, 3.8) is 0 Å². The van der Waals surface area contributed by atoms with E-state index in [1.807, 2.05) is 34.7 Å². The van der Waals surface area contributed by atoms with Crippen LogP contribution < -0.4 is 28.3 Å². The maximum absolute atomic E-state index is 11.2. The number of nitrogens with zero attached hydrogens (tertiary/aromatic N) is 4. The van der Waals surface area contributed by atoms with Gasteiger partial charge in [-0.3, -0.25) is 29.3 Å². The molecule has 0 aliphatic carbocycles. The number of rotatable bonds is 7. The number of amides is 3. The average molecular weight is 919 g/mol. The first kappa shape index (κ1) is 45.2. The summed E-state index contributed by atoms with van der Waals surface area (Å²) in [5, 5.41) is 12.4. The number of pyridine rings is 3. The first-order chi connectivity index (χ1) is 23.5. The molecule has 0 atom stereocenters. The molecule has 0 radical (unpaired) electrons. The Morgan fingerprint density at radius 2 is 1.46 bits per heavy atom. The Bertz CT molecular complexity index is 1690. The van der Waals surface area contributed by atoms with Gasteiger partial charge in [-0.25, -0.2) is 9.78 Å². The van der Waals surface area contributed by atoms with Crippen LogP contribution in [0, 0.1) is 0 Å². The third kappa shape index (κ3) is 27.1. The lowest BCUT2D eigenvalue weighted by molar-refractivity contribution is -0.117. The molecule has 48 heavy (non-hydrogen) atoms. The molecule has 0 unspecified atom stereocenters. The first-order valence-corrected chi connectivity index (χ1v) is 23.0. The molecule has 10 N–H and O–H groups in total. The zero-order chi connectivity index (χ0) is 37.3. The van der Waals surface area contributed by atoms with Crippen molar-refractivity contribution in [1.82, 2.24) is 25.3 Å². The number of carboxylic acids is 1. The zero-order valence-electron chi connectivity index (χ0n) is 25.5. The molecule has 0 spiro atoms. The number of carbonyl (C=O) groups excluding carboxylic acids is 3. The molecule has 4 aromatic heterocycles. The summed E-state index contributed by atoms with van der Waals surface area (Å²) in [4.78, 5) is 57.1. The highest BCUT2D eigenvalue weighted by Crippen LogP contribution is 2.25. The van der Waals surface area contributed by atoms with Gasteiger partial charge in [0.1, 0.15) is 10.0 Å². The summed E-state index contributed by atoms with van der Waals surface area (Å²) in [6.07, 6.45) is 11.0. The molecule has 0 aliphatic rings. The van der Waals surface area contributed by atoms with Crippen molar-refractivity contribution >= 4 is 127 Å². The molecule has 14 nitrogen and oxygen atoms in total. The van der Waals surface area contributed by atoms with E-state index in [0.717, 1.165) is 22.6 Å². The lowest BCUT2D eigenvalue weighted by Gasteiger charge is -2.00. The minimum absolute atomic E-state index is 0.0556. The zero-order valence-corrected chi connectivity index (χ0v) is 33.4. The van der Waals surface area contributed by atoms with Gasteiger partial charge >= 0.3 is 5.97 Å². The van der Waals surface area contributed by atoms with E-state index in [4.69, 9.17) is 23.7 Å². The summed E-state index contributed by atoms with van der Waals surface area (Å²) in [5.41, 5.74) is 21.4. The van der Waals surface area contributed by atoms with Crippen molar-refractivity contribution in [3.8, 4) is 10.6 Å². The molecule has 0 aliphatic heterocycles. The summed E-state index contributed by atoms with van der Waals surface area (Å²) in [5.74, 6) is -2.29. The number of alkyl halides is 1. The van der Waals surface area contributed by atoms with E-state index < -0.39 is 17.8 Å². The number of aromatic carboxylic acids is 1. The monoisotopic (exact) mass is 918 g/mol. The number of anilines is 1. The van der Waals surface area contributed by atoms with E-state index in [2.05, 4.69) is 54.0 Å². The van der Waals surface area contributed by atoms with Crippen molar-refractivity contribution in [2.75, 3.05) is 23.7 Å². The van der Waals surface area contributed by atoms with E-state index in [1.165, 1.54) is 64.2 Å². The SMILES string of the molecule is NC(=O)CNC(=O)c1ccncc1.NCC(N)=O.Nc1cnc(-c2ccncc2)s1.O=C(O)c1ccncc1.S=PP=S=S=S=S.[2H]CI. The molecule has 4 rings (SSSR count). The van der Waals surface area contributed by atoms with Crippen molar-refractivity contribution in [2.24, 2.45) is 17.2 Å². The maximum atomic E-state index is 11.2. The van der Waals surface area contributed by atoms with Crippen molar-refractivity contribution in [2.45, 2.75) is 0 Å². The van der Waals surface area contributed by atoms with Crippen LogP contribution in [-0.4, -0.2) is 66.7 Å². The van der Waals surface area contributed by atoms with E-state index >= 15 is 0 Å². The predicted molar refractivity (Wildman–Crippen MR) is 216 cm³/mol. The maximum Gasteiger partial charge on any atom is 0.335 e. The minimum Gasteiger partial charge on any atom is -0.478 e. The van der Waals surface area contributed by atoms with Gasteiger partial charge in [-0.1, -0.05) is 33.9 Å². The second kappa shape index (κ2) is 32.7. The number of hydrogen-bond donors (Lipinski definition) is 6. The van der Waals surface area contributed by atoms with Gasteiger partial charge in [0.2, 0.25) is 11.8 Å². The van der Waals surface area contributed by atoms with Gasteiger partial charge in [0.05, 0.1) is 24.8 Å². The van der Waals surface area contributed by atoms with Gasteiger partial charge < -0.3 is 33.4 Å². The lowest BCUT2D eigenvalue weighted by Crippen LogP contribution is -2.33. The number of halogens is 1. The van der Waals surface area contributed by atoms with Crippen molar-refractivity contribution < 1.29 is 25.7 Å². The molecule has 0 fully saturated rings. The standard InChI is InChI=1S/C8H9N3O2.C8H7N3S.C6H5NO2.C2H6N2O.CH3I.P2S5/c9-7(12)5-11-8(13)6-1-3-10-4-2-6;9-7-5-11-8(12-7)6-1-3-10-4-2-6;8-6(9)5-1-3-7-4-2-5;3-1-2(4)5;1-2;3-1-2-5-7-6-4/h1-4H,5H2,(H2,9,12)(H,11,13);1-5H,9H2;1-4H,(H,8,9);1,3H2,(H2,4,5);1H3;/i;;;;1D;. The molecule has 4 heterocycles. The molecule has 258 valence electrons. The van der Waals surface area contributed by atoms with Crippen LogP contribution in [0.2, 0.25) is 0 Å². The molecule has 3 amide bonds. The van der Waals surface area contributed by atoms with Crippen molar-refractivity contribution in [1.29, 1.82) is 0 Å². The van der Waals surface area contributed by atoms with Crippen LogP contribution in [0.4, 0.5) is 5.00 Å². The molecule has 23 heteroatoms. The van der Waals surface area contributed by atoms with Crippen LogP contribution in [0.15, 0.2) is 79.8 Å². The van der Waals surface area contributed by atoms with Gasteiger partial charge in [-0.2, -0.15) is 0 Å². The van der Waals surface area contributed by atoms with Gasteiger partial charge in [-0.05, 0) is 91.6 Å². The second-order valence-electron chi connectivity index (χ2n) is 7.27. The summed E-state index contributed by atoms with van der Waals surface area (Å²) in [6, 6.07) is 9.83. The fraction of sp³-hybridized carbons (Fsp3) is 0.120. The molecule has 0 saturated carbocycles. The summed E-state index contributed by atoms with van der Waals surface area (Å²) >= 11 is 12.7. The van der Waals surface area contributed by atoms with E-state index in [9.17, 15) is 19.2 Å². The van der Waals surface area contributed by atoms with Crippen LogP contribution in [-0.2, 0) is 59.8 Å². The molecule has 4 aromatic rings. The third-order valence-electron chi connectivity index (χ3n) is 4.07. The van der Waals surface area contributed by atoms with Crippen LogP contribution in [0.5, 0.6) is 0 Å². The first-order valence-electron chi connectivity index (χ1n) is 12.9. The number of nitrogen functional groups attached to an aromatic ring is 1. The average Bonchev–Trinajstić information content (AvgIpc) is 3.56. The summed E-state index contributed by atoms with van der Waals surface area (Å²) in [7, 11) is 6.83. The Kier molecular flexibility index (Phi) is 30.7. The van der Waals surface area contributed by atoms with Crippen molar-refractivity contribution in [3.05, 3.63) is 90.9 Å². The molecule has 0 saturated heterocycles. The number of nitrogens with two attached hydrogens (primary N) is 4. The van der Waals surface area contributed by atoms with Gasteiger partial charge in [0.25, 0.3) is 5.91 Å². The lowest BCUT2D eigenvalue weighted by atomic mass is 10.2. The quantitative estimate of drug-likeness (QED) is 0.0887. The highest BCUT2D eigenvalue weighted by Gasteiger charge is 2.04. The smallest absolute Gasteiger partial charge is 0.335 e. The Morgan fingerprint density at radius 1 is 0.979 bits per heavy atom. The number of hydrogen-bond acceptors (Lipinski definition) is 13. The topological polar surface area (TPSA) is 256 Å². The third-order valence-corrected chi connectivity index (χ3v) is 14.9. The van der Waals surface area contributed by atoms with E-state index in [1.54, 1.807) is 49.1 Å². The highest BCUT2D eigenvalue weighted by molar-refractivity contribution is 14.1. The number of carbonyl (C=O) groups is 4. The van der Waals surface area contributed by atoms with Gasteiger partial charge in [0, 0.05) is 63.8 Å². The number of aromatic nitrogens is 4. The van der Waals surface area contributed by atoms with E-state index in [-0.39, 0.29) is 24.6 Å². The van der Waals surface area contributed by atoms with E-state index in [0.29, 0.717) is 10.5 Å². The largest absolute Gasteiger partial charge is 0.478 e. The van der Waals surface area contributed by atoms with Crippen LogP contribution in [0.1, 0.15) is 22.1 Å². The molecular formula is C25H30IN9O5P2S6. The minimum atomic E-state index is -0.919. The molecule has 0 aromatic carbocycles. The Morgan fingerprint density at radius 3 is 1.81 bits per heavy atom. The summed E-state index contributed by atoms with van der Waals surface area (Å²) in [6.45, 7) is -0.207. The van der Waals surface area contributed by atoms with Crippen LogP contribution in [0.3, 0.4) is 0 Å². The van der Waals surface area contributed by atoms with Crippen LogP contribution >= 0.6 is 48.0 Å². The summed E-state index contributed by atoms with van der Waals surface area (Å²) < 4.78 is 6.20. The number of nitrogens with one attached hydrogen (secondary N) is 1. The van der Waals surface area contributed by atoms with Gasteiger partial charge in [-0.15, -0.1) is 0 Å². The number of thiazole rings is 1. The number of carboxylic acid groups (broad SMARTS) is 1. The Balaban J connectivity index is 0. The molecule has 0 bridgehead atoms.